The molecule has 0 spiro atoms. The van der Waals surface area contributed by atoms with Crippen molar-refractivity contribution in [1.29, 1.82) is 0 Å². The molecule has 0 aromatic carbocycles. The van der Waals surface area contributed by atoms with Crippen LogP contribution in [0.1, 0.15) is 32.6 Å². The summed E-state index contributed by atoms with van der Waals surface area (Å²) >= 11 is 0. The number of nitrogens with one attached hydrogen (secondary N) is 1. The van der Waals surface area contributed by atoms with E-state index in [1.807, 2.05) is 4.90 Å². The molecule has 2 saturated heterocycles. The van der Waals surface area contributed by atoms with Crippen LogP contribution in [0, 0.1) is 11.3 Å². The highest BCUT2D eigenvalue weighted by Crippen LogP contribution is 2.35. The van der Waals surface area contributed by atoms with Crippen LogP contribution in [0.15, 0.2) is 0 Å². The average Bonchev–Trinajstić information content (AvgIpc) is 2.72. The second-order valence-electron chi connectivity index (χ2n) is 5.63. The van der Waals surface area contributed by atoms with Crippen LogP contribution in [0.4, 0.5) is 0 Å². The lowest BCUT2D eigenvalue weighted by atomic mass is 9.79. The summed E-state index contributed by atoms with van der Waals surface area (Å²) in [6.45, 7) is 5.04. The third-order valence-electron chi connectivity index (χ3n) is 4.13. The Kier molecular flexibility index (Phi) is 3.90. The monoisotopic (exact) mass is 254 g/mol. The number of hydrogen-bond acceptors (Lipinski definition) is 3. The molecule has 18 heavy (non-hydrogen) atoms. The van der Waals surface area contributed by atoms with Crippen molar-refractivity contribution in [3.63, 3.8) is 0 Å². The molecule has 0 radical (unpaired) electrons. The predicted octanol–water partition coefficient (Wildman–Crippen LogP) is 0.699. The van der Waals surface area contributed by atoms with Crippen molar-refractivity contribution in [3.05, 3.63) is 0 Å². The molecule has 1 unspecified atom stereocenters. The van der Waals surface area contributed by atoms with E-state index in [0.29, 0.717) is 13.1 Å². The van der Waals surface area contributed by atoms with E-state index >= 15 is 0 Å². The normalized spacial score (nSPS) is 28.2. The molecular formula is C13H22N2O3. The number of carbonyl (C=O) groups is 2. The summed E-state index contributed by atoms with van der Waals surface area (Å²) in [6.07, 6.45) is 3.04. The van der Waals surface area contributed by atoms with E-state index in [0.717, 1.165) is 32.4 Å². The maximum absolute atomic E-state index is 12.5. The summed E-state index contributed by atoms with van der Waals surface area (Å²) in [5.41, 5.74) is -0.219. The second kappa shape index (κ2) is 5.26. The van der Waals surface area contributed by atoms with Gasteiger partial charge in [0, 0.05) is 25.6 Å². The summed E-state index contributed by atoms with van der Waals surface area (Å²) in [6, 6.07) is 0. The fourth-order valence-corrected chi connectivity index (χ4v) is 3.17. The Balaban J connectivity index is 1.89. The summed E-state index contributed by atoms with van der Waals surface area (Å²) in [7, 11) is 0. The first-order valence-corrected chi connectivity index (χ1v) is 6.79. The molecule has 102 valence electrons. The van der Waals surface area contributed by atoms with Gasteiger partial charge in [-0.1, -0.05) is 13.3 Å². The van der Waals surface area contributed by atoms with Crippen LogP contribution in [0.25, 0.3) is 0 Å². The van der Waals surface area contributed by atoms with Crippen LogP contribution in [0.3, 0.4) is 0 Å². The van der Waals surface area contributed by atoms with E-state index in [1.54, 1.807) is 0 Å². The fraction of sp³-hybridized carbons (Fsp3) is 0.846. The standard InChI is InChI=1S/C13H22N2O3/c1-2-3-13(4-5-14-9-13)12(18)15-7-10(8-15)6-11(16)17/h10,14H,2-9H2,1H3,(H,16,17). The molecule has 2 heterocycles. The topological polar surface area (TPSA) is 69.6 Å². The molecular weight excluding hydrogens is 232 g/mol. The molecule has 2 aliphatic heterocycles. The Hall–Kier alpha value is -1.10. The Morgan fingerprint density at radius 3 is 2.67 bits per heavy atom. The Morgan fingerprint density at radius 1 is 1.44 bits per heavy atom. The molecule has 1 atom stereocenters. The van der Waals surface area contributed by atoms with E-state index in [1.165, 1.54) is 0 Å². The van der Waals surface area contributed by atoms with Crippen molar-refractivity contribution in [3.8, 4) is 0 Å². The average molecular weight is 254 g/mol. The number of nitrogens with zero attached hydrogens (tertiary/aromatic N) is 1. The molecule has 0 aliphatic carbocycles. The summed E-state index contributed by atoms with van der Waals surface area (Å²) in [5.74, 6) is -0.381. The number of carboxylic acids is 1. The number of likely N-dealkylation sites (tertiary alicyclic amines) is 1. The highest BCUT2D eigenvalue weighted by Gasteiger charge is 2.45. The molecule has 0 bridgehead atoms. The van der Waals surface area contributed by atoms with Gasteiger partial charge in [-0.05, 0) is 19.4 Å². The van der Waals surface area contributed by atoms with Gasteiger partial charge in [0.1, 0.15) is 0 Å². The largest absolute Gasteiger partial charge is 0.481 e. The molecule has 0 aromatic rings. The maximum Gasteiger partial charge on any atom is 0.303 e. The van der Waals surface area contributed by atoms with Crippen LogP contribution in [0.2, 0.25) is 0 Å². The van der Waals surface area contributed by atoms with E-state index in [2.05, 4.69) is 12.2 Å². The van der Waals surface area contributed by atoms with Gasteiger partial charge in [-0.25, -0.2) is 0 Å². The number of amides is 1. The van der Waals surface area contributed by atoms with Gasteiger partial charge >= 0.3 is 5.97 Å². The van der Waals surface area contributed by atoms with E-state index in [9.17, 15) is 9.59 Å². The summed E-state index contributed by atoms with van der Waals surface area (Å²) in [5, 5.41) is 12.0. The molecule has 5 heteroatoms. The van der Waals surface area contributed by atoms with Gasteiger partial charge < -0.3 is 15.3 Å². The van der Waals surface area contributed by atoms with Crippen molar-refractivity contribution in [2.75, 3.05) is 26.2 Å². The number of carboxylic acid groups (broad SMARTS) is 1. The second-order valence-corrected chi connectivity index (χ2v) is 5.63. The van der Waals surface area contributed by atoms with Gasteiger partial charge in [0.2, 0.25) is 5.91 Å². The van der Waals surface area contributed by atoms with E-state index in [-0.39, 0.29) is 23.7 Å². The molecule has 2 rings (SSSR count). The third-order valence-corrected chi connectivity index (χ3v) is 4.13. The number of hydrogen-bond donors (Lipinski definition) is 2. The molecule has 0 saturated carbocycles. The minimum atomic E-state index is -0.766. The van der Waals surface area contributed by atoms with Crippen LogP contribution in [-0.2, 0) is 9.59 Å². The Bertz CT molecular complexity index is 331. The maximum atomic E-state index is 12.5. The highest BCUT2D eigenvalue weighted by molar-refractivity contribution is 5.84. The lowest BCUT2D eigenvalue weighted by molar-refractivity contribution is -0.152. The first kappa shape index (κ1) is 13.3. The van der Waals surface area contributed by atoms with Crippen molar-refractivity contribution >= 4 is 11.9 Å². The lowest BCUT2D eigenvalue weighted by Gasteiger charge is -2.43. The number of carbonyl (C=O) groups excluding carboxylic acids is 1. The SMILES string of the molecule is CCCC1(C(=O)N2CC(CC(=O)O)C2)CCNC1. The fourth-order valence-electron chi connectivity index (χ4n) is 3.17. The van der Waals surface area contributed by atoms with Gasteiger partial charge in [-0.3, -0.25) is 9.59 Å². The predicted molar refractivity (Wildman–Crippen MR) is 67.2 cm³/mol. The molecule has 2 N–H and O–H groups in total. The minimum Gasteiger partial charge on any atom is -0.481 e. The number of aliphatic carboxylic acids is 1. The Morgan fingerprint density at radius 2 is 2.17 bits per heavy atom. The quantitative estimate of drug-likeness (QED) is 0.757. The van der Waals surface area contributed by atoms with Crippen LogP contribution >= 0.6 is 0 Å². The minimum absolute atomic E-state index is 0.152. The lowest BCUT2D eigenvalue weighted by Crippen LogP contribution is -2.56. The van der Waals surface area contributed by atoms with Gasteiger partial charge in [-0.2, -0.15) is 0 Å². The third kappa shape index (κ3) is 2.51. The smallest absolute Gasteiger partial charge is 0.303 e. The molecule has 5 nitrogen and oxygen atoms in total. The Labute approximate surface area is 108 Å². The molecule has 1 amide bonds. The van der Waals surface area contributed by atoms with Crippen molar-refractivity contribution < 1.29 is 14.7 Å². The van der Waals surface area contributed by atoms with E-state index < -0.39 is 5.97 Å². The zero-order chi connectivity index (χ0) is 13.2. The summed E-state index contributed by atoms with van der Waals surface area (Å²) in [4.78, 5) is 24.9. The molecule has 2 fully saturated rings. The van der Waals surface area contributed by atoms with Crippen LogP contribution < -0.4 is 5.32 Å². The summed E-state index contributed by atoms with van der Waals surface area (Å²) < 4.78 is 0. The molecule has 0 aromatic heterocycles. The van der Waals surface area contributed by atoms with Crippen molar-refractivity contribution in [2.24, 2.45) is 11.3 Å². The first-order valence-electron chi connectivity index (χ1n) is 6.79. The van der Waals surface area contributed by atoms with Gasteiger partial charge in [-0.15, -0.1) is 0 Å². The van der Waals surface area contributed by atoms with Crippen molar-refractivity contribution in [1.82, 2.24) is 10.2 Å². The van der Waals surface area contributed by atoms with Gasteiger partial charge in [0.25, 0.3) is 0 Å². The van der Waals surface area contributed by atoms with Crippen LogP contribution in [-0.4, -0.2) is 48.1 Å². The molecule has 2 aliphatic rings. The highest BCUT2D eigenvalue weighted by atomic mass is 16.4. The van der Waals surface area contributed by atoms with Crippen LogP contribution in [0.5, 0.6) is 0 Å². The first-order chi connectivity index (χ1) is 8.57. The zero-order valence-corrected chi connectivity index (χ0v) is 10.9. The van der Waals surface area contributed by atoms with Gasteiger partial charge in [0.15, 0.2) is 0 Å². The van der Waals surface area contributed by atoms with Crippen molar-refractivity contribution in [2.45, 2.75) is 32.6 Å². The number of rotatable bonds is 5. The zero-order valence-electron chi connectivity index (χ0n) is 10.9. The van der Waals surface area contributed by atoms with Gasteiger partial charge in [0.05, 0.1) is 11.8 Å². The van der Waals surface area contributed by atoms with E-state index in [4.69, 9.17) is 5.11 Å².